The van der Waals surface area contributed by atoms with Crippen molar-refractivity contribution in [2.24, 2.45) is 0 Å². The van der Waals surface area contributed by atoms with Gasteiger partial charge in [0, 0.05) is 23.5 Å². The van der Waals surface area contributed by atoms with Gasteiger partial charge < -0.3 is 15.0 Å². The number of nitrogens with zero attached hydrogens (tertiary/aromatic N) is 1. The molecule has 0 aliphatic carbocycles. The van der Waals surface area contributed by atoms with Crippen molar-refractivity contribution in [2.45, 2.75) is 0 Å². The number of aromatic amines is 1. The Bertz CT molecular complexity index is 1060. The molecule has 0 spiro atoms. The summed E-state index contributed by atoms with van der Waals surface area (Å²) in [5.74, 6) is -0.373. The highest BCUT2D eigenvalue weighted by molar-refractivity contribution is 7.12. The lowest BCUT2D eigenvalue weighted by Crippen LogP contribution is -2.16. The van der Waals surface area contributed by atoms with Crippen LogP contribution in [0.4, 0.5) is 26.2 Å². The molecule has 3 heterocycles. The molecule has 3 aromatic heterocycles. The molecular formula is C18H13FN4O2S. The predicted molar refractivity (Wildman–Crippen MR) is 99.7 cm³/mol. The van der Waals surface area contributed by atoms with Crippen LogP contribution in [0.5, 0.6) is 5.06 Å². The normalized spacial score (nSPS) is 10.7. The smallest absolute Gasteiger partial charge is 0.397 e. The van der Waals surface area contributed by atoms with Crippen molar-refractivity contribution in [3.05, 3.63) is 66.1 Å². The van der Waals surface area contributed by atoms with Gasteiger partial charge in [-0.15, -0.1) is 11.3 Å². The quantitative estimate of drug-likeness (QED) is 0.467. The third-order valence-corrected chi connectivity index (χ3v) is 4.42. The fourth-order valence-corrected chi connectivity index (χ4v) is 3.14. The molecule has 0 radical (unpaired) electrons. The molecule has 130 valence electrons. The summed E-state index contributed by atoms with van der Waals surface area (Å²) >= 11 is 1.29. The molecule has 0 aliphatic rings. The second kappa shape index (κ2) is 6.85. The van der Waals surface area contributed by atoms with E-state index in [9.17, 15) is 9.18 Å². The fourth-order valence-electron chi connectivity index (χ4n) is 2.44. The Balaban J connectivity index is 1.49. The van der Waals surface area contributed by atoms with Gasteiger partial charge in [-0.2, -0.15) is 0 Å². The number of thiophene rings is 1. The molecule has 0 saturated heterocycles. The van der Waals surface area contributed by atoms with Gasteiger partial charge in [-0.05, 0) is 47.8 Å². The fraction of sp³-hybridized carbons (Fsp3) is 0. The first-order valence-corrected chi connectivity index (χ1v) is 8.58. The van der Waals surface area contributed by atoms with Crippen molar-refractivity contribution in [1.29, 1.82) is 0 Å². The van der Waals surface area contributed by atoms with E-state index >= 15 is 0 Å². The summed E-state index contributed by atoms with van der Waals surface area (Å²) in [5.41, 5.74) is 2.73. The molecule has 0 fully saturated rings. The average molecular weight is 368 g/mol. The standard InChI is InChI=1S/C18H13FN4O2S/c19-11-1-3-12(4-2-11)22-18(24)25-17-15(7-10-26-17)23-14-6-9-21-16-13(14)5-8-20-16/h1-10H,(H,22,24)(H2,20,21,23). The molecule has 1 amide bonds. The van der Waals surface area contributed by atoms with Crippen LogP contribution < -0.4 is 15.4 Å². The molecule has 26 heavy (non-hydrogen) atoms. The lowest BCUT2D eigenvalue weighted by molar-refractivity contribution is 0.217. The van der Waals surface area contributed by atoms with Gasteiger partial charge in [0.2, 0.25) is 5.06 Å². The van der Waals surface area contributed by atoms with Gasteiger partial charge in [0.25, 0.3) is 0 Å². The summed E-state index contributed by atoms with van der Waals surface area (Å²) in [6, 6.07) is 11.0. The highest BCUT2D eigenvalue weighted by Crippen LogP contribution is 2.35. The maximum absolute atomic E-state index is 12.9. The van der Waals surface area contributed by atoms with Crippen LogP contribution in [0.2, 0.25) is 0 Å². The summed E-state index contributed by atoms with van der Waals surface area (Å²) in [4.78, 5) is 19.4. The van der Waals surface area contributed by atoms with Crippen LogP contribution in [-0.4, -0.2) is 16.1 Å². The molecule has 6 nitrogen and oxygen atoms in total. The molecule has 4 aromatic rings. The van der Waals surface area contributed by atoms with Crippen LogP contribution in [0.1, 0.15) is 0 Å². The van der Waals surface area contributed by atoms with E-state index in [2.05, 4.69) is 20.6 Å². The van der Waals surface area contributed by atoms with Crippen LogP contribution >= 0.6 is 11.3 Å². The lowest BCUT2D eigenvalue weighted by atomic mass is 10.3. The summed E-state index contributed by atoms with van der Waals surface area (Å²) in [5, 5.41) is 8.98. The van der Waals surface area contributed by atoms with Crippen LogP contribution in [0.15, 0.2) is 60.2 Å². The Kier molecular flexibility index (Phi) is 4.24. The van der Waals surface area contributed by atoms with Gasteiger partial charge in [-0.3, -0.25) is 5.32 Å². The molecule has 8 heteroatoms. The SMILES string of the molecule is O=C(Nc1ccc(F)cc1)Oc1sccc1Nc1ccnc2[nH]ccc12. The topological polar surface area (TPSA) is 79.0 Å². The number of hydrogen-bond donors (Lipinski definition) is 3. The second-order valence-electron chi connectivity index (χ2n) is 5.37. The first-order valence-electron chi connectivity index (χ1n) is 7.70. The molecule has 4 rings (SSSR count). The highest BCUT2D eigenvalue weighted by atomic mass is 32.1. The first-order chi connectivity index (χ1) is 12.7. The zero-order valence-corrected chi connectivity index (χ0v) is 14.1. The maximum Gasteiger partial charge on any atom is 0.417 e. The van der Waals surface area contributed by atoms with Gasteiger partial charge in [-0.25, -0.2) is 14.2 Å². The number of halogens is 1. The maximum atomic E-state index is 12.9. The van der Waals surface area contributed by atoms with E-state index < -0.39 is 6.09 Å². The minimum atomic E-state index is -0.649. The van der Waals surface area contributed by atoms with E-state index in [1.54, 1.807) is 6.20 Å². The van der Waals surface area contributed by atoms with Crippen LogP contribution in [0, 0.1) is 5.82 Å². The van der Waals surface area contributed by atoms with Gasteiger partial charge in [-0.1, -0.05) is 0 Å². The molecule has 1 aromatic carbocycles. The Morgan fingerprint density at radius 3 is 2.81 bits per heavy atom. The molecule has 0 unspecified atom stereocenters. The summed E-state index contributed by atoms with van der Waals surface area (Å²) in [7, 11) is 0. The zero-order valence-electron chi connectivity index (χ0n) is 13.3. The zero-order chi connectivity index (χ0) is 17.9. The Morgan fingerprint density at radius 1 is 1.12 bits per heavy atom. The van der Waals surface area contributed by atoms with Crippen molar-refractivity contribution in [1.82, 2.24) is 9.97 Å². The van der Waals surface area contributed by atoms with Crippen LogP contribution in [0.25, 0.3) is 11.0 Å². The molecule has 0 aliphatic heterocycles. The number of anilines is 3. The number of aromatic nitrogens is 2. The Hall–Kier alpha value is -3.39. The monoisotopic (exact) mass is 368 g/mol. The number of fused-ring (bicyclic) bond motifs is 1. The molecule has 0 atom stereocenters. The molecular weight excluding hydrogens is 355 g/mol. The first kappa shape index (κ1) is 16.1. The van der Waals surface area contributed by atoms with Crippen molar-refractivity contribution in [2.75, 3.05) is 10.6 Å². The number of H-pyrrole nitrogens is 1. The van der Waals surface area contributed by atoms with E-state index in [1.807, 2.05) is 29.8 Å². The second-order valence-corrected chi connectivity index (χ2v) is 6.25. The third-order valence-electron chi connectivity index (χ3n) is 3.64. The summed E-state index contributed by atoms with van der Waals surface area (Å²) in [6.07, 6.45) is 2.85. The summed E-state index contributed by atoms with van der Waals surface area (Å²) in [6.45, 7) is 0. The third kappa shape index (κ3) is 3.35. The lowest BCUT2D eigenvalue weighted by Gasteiger charge is -2.09. The average Bonchev–Trinajstić information content (AvgIpc) is 3.27. The highest BCUT2D eigenvalue weighted by Gasteiger charge is 2.13. The van der Waals surface area contributed by atoms with Crippen LogP contribution in [0.3, 0.4) is 0 Å². The van der Waals surface area contributed by atoms with E-state index in [0.29, 0.717) is 16.4 Å². The number of benzene rings is 1. The van der Waals surface area contributed by atoms with Crippen LogP contribution in [-0.2, 0) is 0 Å². The minimum Gasteiger partial charge on any atom is -0.397 e. The largest absolute Gasteiger partial charge is 0.417 e. The van der Waals surface area contributed by atoms with Crippen molar-refractivity contribution < 1.29 is 13.9 Å². The number of ether oxygens (including phenoxy) is 1. The number of nitrogens with one attached hydrogen (secondary N) is 3. The number of carbonyl (C=O) groups excluding carboxylic acids is 1. The van der Waals surface area contributed by atoms with E-state index in [1.165, 1.54) is 35.6 Å². The summed E-state index contributed by atoms with van der Waals surface area (Å²) < 4.78 is 18.3. The van der Waals surface area contributed by atoms with E-state index in [4.69, 9.17) is 4.74 Å². The van der Waals surface area contributed by atoms with Gasteiger partial charge >= 0.3 is 6.09 Å². The molecule has 0 bridgehead atoms. The van der Waals surface area contributed by atoms with E-state index in [-0.39, 0.29) is 5.82 Å². The van der Waals surface area contributed by atoms with Crippen molar-refractivity contribution in [3.63, 3.8) is 0 Å². The molecule has 3 N–H and O–H groups in total. The number of amides is 1. The van der Waals surface area contributed by atoms with Gasteiger partial charge in [0.1, 0.15) is 11.5 Å². The number of pyridine rings is 1. The number of hydrogen-bond acceptors (Lipinski definition) is 5. The minimum absolute atomic E-state index is 0.373. The van der Waals surface area contributed by atoms with E-state index in [0.717, 1.165) is 16.7 Å². The van der Waals surface area contributed by atoms with Gasteiger partial charge in [0.15, 0.2) is 0 Å². The van der Waals surface area contributed by atoms with Gasteiger partial charge in [0.05, 0.1) is 11.4 Å². The predicted octanol–water partition coefficient (Wildman–Crippen LogP) is 5.12. The van der Waals surface area contributed by atoms with Crippen molar-refractivity contribution >= 4 is 45.5 Å². The Labute approximate surface area is 151 Å². The van der Waals surface area contributed by atoms with Crippen molar-refractivity contribution in [3.8, 4) is 5.06 Å². The number of carbonyl (C=O) groups is 1. The number of rotatable bonds is 4. The Morgan fingerprint density at radius 2 is 1.96 bits per heavy atom. The molecule has 0 saturated carbocycles.